The molecule has 0 saturated carbocycles. The lowest BCUT2D eigenvalue weighted by atomic mass is 10.0. The number of rotatable bonds is 69. The van der Waals surface area contributed by atoms with Gasteiger partial charge in [0.25, 0.3) is 0 Å². The van der Waals surface area contributed by atoms with Crippen LogP contribution in [0, 0.1) is 0 Å². The molecule has 0 bridgehead atoms. The van der Waals surface area contributed by atoms with Crippen molar-refractivity contribution in [1.29, 1.82) is 0 Å². The minimum Gasteiger partial charge on any atom is -0.545 e. The SMILES string of the molecule is CC/C=C\C/C=C\C/C=C\C/C=C\CCCCCCCCCCCCCCCCCCCCCCCCCCCCCCC(=O)OC(COC(=O)CCCCCCCCCCC/C=C\C/C=C\CCCCCCC)COC(OCC[N+](C)(C)C)C(=O)[O-]. The van der Waals surface area contributed by atoms with Crippen molar-refractivity contribution in [3.8, 4) is 0 Å². The molecule has 2 atom stereocenters. The normalized spacial score (nSPS) is 13.1. The lowest BCUT2D eigenvalue weighted by molar-refractivity contribution is -0.870. The van der Waals surface area contributed by atoms with Crippen molar-refractivity contribution in [2.24, 2.45) is 0 Å². The molecule has 9 heteroatoms. The van der Waals surface area contributed by atoms with Gasteiger partial charge in [0.05, 0.1) is 40.3 Å². The van der Waals surface area contributed by atoms with Crippen LogP contribution in [0.2, 0.25) is 0 Å². The number of carboxylic acid groups (broad SMARTS) is 1. The van der Waals surface area contributed by atoms with Gasteiger partial charge in [0.2, 0.25) is 0 Å². The first-order chi connectivity index (χ1) is 42.6. The number of nitrogens with zero attached hydrogens (tertiary/aromatic N) is 1. The van der Waals surface area contributed by atoms with Crippen molar-refractivity contribution in [3.05, 3.63) is 72.9 Å². The predicted octanol–water partition coefficient (Wildman–Crippen LogP) is 21.9. The van der Waals surface area contributed by atoms with Gasteiger partial charge in [-0.05, 0) is 83.5 Å². The predicted molar refractivity (Wildman–Crippen MR) is 371 cm³/mol. The summed E-state index contributed by atoms with van der Waals surface area (Å²) in [7, 11) is 5.94. The zero-order chi connectivity index (χ0) is 63.3. The van der Waals surface area contributed by atoms with Crippen molar-refractivity contribution >= 4 is 17.9 Å². The zero-order valence-electron chi connectivity index (χ0n) is 57.9. The van der Waals surface area contributed by atoms with E-state index in [1.54, 1.807) is 0 Å². The minimum absolute atomic E-state index is 0.148. The molecule has 0 radical (unpaired) electrons. The highest BCUT2D eigenvalue weighted by molar-refractivity contribution is 5.70. The van der Waals surface area contributed by atoms with Crippen LogP contribution in [0.1, 0.15) is 348 Å². The van der Waals surface area contributed by atoms with Gasteiger partial charge in [-0.3, -0.25) is 9.59 Å². The quantitative estimate of drug-likeness (QED) is 0.0195. The average molecular weight is 1220 g/mol. The Labute approximate surface area is 538 Å². The van der Waals surface area contributed by atoms with E-state index >= 15 is 0 Å². The first kappa shape index (κ1) is 83.7. The number of allylic oxidation sites excluding steroid dienone is 12. The summed E-state index contributed by atoms with van der Waals surface area (Å²) in [6.45, 7) is 4.67. The van der Waals surface area contributed by atoms with Gasteiger partial charge in [-0.2, -0.15) is 0 Å². The Balaban J connectivity index is 3.95. The van der Waals surface area contributed by atoms with Gasteiger partial charge in [0, 0.05) is 12.8 Å². The average Bonchev–Trinajstić information content (AvgIpc) is 3.59. The molecule has 0 N–H and O–H groups in total. The summed E-state index contributed by atoms with van der Waals surface area (Å²) in [5.41, 5.74) is 0. The second-order valence-electron chi connectivity index (χ2n) is 26.2. The third-order valence-electron chi connectivity index (χ3n) is 16.4. The Morgan fingerprint density at radius 2 is 0.655 bits per heavy atom. The van der Waals surface area contributed by atoms with Crippen molar-refractivity contribution in [2.75, 3.05) is 47.5 Å². The molecule has 0 aromatic carbocycles. The van der Waals surface area contributed by atoms with E-state index in [4.69, 9.17) is 18.9 Å². The number of unbranched alkanes of at least 4 members (excludes halogenated alkanes) is 42. The van der Waals surface area contributed by atoms with Gasteiger partial charge in [0.1, 0.15) is 13.2 Å². The number of aliphatic carboxylic acids is 1. The minimum atomic E-state index is -1.62. The van der Waals surface area contributed by atoms with Crippen LogP contribution in [0.3, 0.4) is 0 Å². The fourth-order valence-corrected chi connectivity index (χ4v) is 10.8. The number of ether oxygens (including phenoxy) is 4. The molecule has 0 spiro atoms. The number of carboxylic acids is 1. The van der Waals surface area contributed by atoms with Crippen molar-refractivity contribution in [2.45, 2.75) is 360 Å². The largest absolute Gasteiger partial charge is 0.545 e. The third kappa shape index (κ3) is 70.1. The maximum atomic E-state index is 12.9. The third-order valence-corrected chi connectivity index (χ3v) is 16.4. The summed E-state index contributed by atoms with van der Waals surface area (Å²) < 4.78 is 22.8. The van der Waals surface area contributed by atoms with Crippen molar-refractivity contribution in [3.63, 3.8) is 0 Å². The lowest BCUT2D eigenvalue weighted by Crippen LogP contribution is -2.44. The van der Waals surface area contributed by atoms with Gasteiger partial charge in [-0.1, -0.05) is 324 Å². The Morgan fingerprint density at radius 1 is 0.356 bits per heavy atom. The van der Waals surface area contributed by atoms with Crippen LogP contribution in [-0.2, 0) is 33.3 Å². The highest BCUT2D eigenvalue weighted by atomic mass is 16.7. The molecule has 506 valence electrons. The van der Waals surface area contributed by atoms with E-state index in [2.05, 4.69) is 86.8 Å². The maximum Gasteiger partial charge on any atom is 0.306 e. The molecule has 0 aromatic rings. The molecular formula is C78H141NO8. The van der Waals surface area contributed by atoms with Crippen LogP contribution < -0.4 is 5.11 Å². The number of hydrogen-bond donors (Lipinski definition) is 0. The van der Waals surface area contributed by atoms with Gasteiger partial charge < -0.3 is 33.3 Å². The molecule has 0 amide bonds. The lowest BCUT2D eigenvalue weighted by Gasteiger charge is -2.26. The molecule has 0 heterocycles. The summed E-state index contributed by atoms with van der Waals surface area (Å²) >= 11 is 0. The van der Waals surface area contributed by atoms with E-state index in [1.807, 2.05) is 21.1 Å². The summed E-state index contributed by atoms with van der Waals surface area (Å²) in [5.74, 6) is -2.27. The first-order valence-corrected chi connectivity index (χ1v) is 37.1. The molecule has 87 heavy (non-hydrogen) atoms. The topological polar surface area (TPSA) is 111 Å². The number of likely N-dealkylation sites (N-methyl/N-ethyl adjacent to an activating group) is 1. The monoisotopic (exact) mass is 1220 g/mol. The van der Waals surface area contributed by atoms with Gasteiger partial charge >= 0.3 is 11.9 Å². The van der Waals surface area contributed by atoms with Crippen LogP contribution in [0.25, 0.3) is 0 Å². The van der Waals surface area contributed by atoms with Gasteiger partial charge in [0.15, 0.2) is 12.4 Å². The smallest absolute Gasteiger partial charge is 0.306 e. The second-order valence-corrected chi connectivity index (χ2v) is 26.2. The molecule has 9 nitrogen and oxygen atoms in total. The van der Waals surface area contributed by atoms with Crippen LogP contribution in [0.15, 0.2) is 72.9 Å². The molecule has 0 aromatic heterocycles. The first-order valence-electron chi connectivity index (χ1n) is 37.1. The van der Waals surface area contributed by atoms with Gasteiger partial charge in [-0.25, -0.2) is 0 Å². The van der Waals surface area contributed by atoms with Crippen LogP contribution >= 0.6 is 0 Å². The molecule has 0 aliphatic carbocycles. The Bertz CT molecular complexity index is 1660. The van der Waals surface area contributed by atoms with Crippen LogP contribution in [-0.4, -0.2) is 82.3 Å². The summed E-state index contributed by atoms with van der Waals surface area (Å²) in [5, 5.41) is 11.8. The molecule has 0 aliphatic rings. The number of hydrogen-bond acceptors (Lipinski definition) is 8. The van der Waals surface area contributed by atoms with E-state index in [0.29, 0.717) is 17.4 Å². The van der Waals surface area contributed by atoms with E-state index in [1.165, 1.54) is 250 Å². The number of quaternary nitrogens is 1. The molecule has 0 saturated heterocycles. The van der Waals surface area contributed by atoms with Crippen molar-refractivity contribution in [1.82, 2.24) is 0 Å². The Morgan fingerprint density at radius 3 is 0.977 bits per heavy atom. The van der Waals surface area contributed by atoms with Crippen LogP contribution in [0.5, 0.6) is 0 Å². The van der Waals surface area contributed by atoms with Crippen LogP contribution in [0.4, 0.5) is 0 Å². The van der Waals surface area contributed by atoms with E-state index in [9.17, 15) is 19.5 Å². The summed E-state index contributed by atoms with van der Waals surface area (Å²) in [6.07, 6.45) is 88.7. The highest BCUT2D eigenvalue weighted by Crippen LogP contribution is 2.19. The highest BCUT2D eigenvalue weighted by Gasteiger charge is 2.22. The summed E-state index contributed by atoms with van der Waals surface area (Å²) in [6, 6.07) is 0. The molecule has 2 unspecified atom stereocenters. The van der Waals surface area contributed by atoms with E-state index < -0.39 is 24.3 Å². The van der Waals surface area contributed by atoms with Crippen molar-refractivity contribution < 1.29 is 42.9 Å². The number of carbonyl (C=O) groups is 3. The molecule has 0 fully saturated rings. The van der Waals surface area contributed by atoms with E-state index in [0.717, 1.165) is 64.2 Å². The van der Waals surface area contributed by atoms with Gasteiger partial charge in [-0.15, -0.1) is 0 Å². The number of carbonyl (C=O) groups excluding carboxylic acids is 3. The number of esters is 2. The molecule has 0 rings (SSSR count). The maximum absolute atomic E-state index is 12.9. The fourth-order valence-electron chi connectivity index (χ4n) is 10.8. The van der Waals surface area contributed by atoms with E-state index in [-0.39, 0.29) is 38.6 Å². The standard InChI is InChI=1S/C78H141NO8/c1-6-8-10-12-14-16-18-20-22-24-26-28-29-30-31-32-33-34-35-36-37-38-39-40-41-42-43-44-45-46-47-49-51-53-55-57-59-61-63-65-67-69-76(81)87-74(73-86-78(77(82)83)84-71-70-79(3,4)5)72-85-75(80)68-66-64-62-60-58-56-54-52-50-48-27-25-23-21-19-17-15-13-11-9-7-2/h8,10,14,16,19-22,25-28,74,78H,6-7,9,11-13,15,17-18,23-24,29-73H2,1-5H3/b10-8-,16-14-,21-19-,22-20-,27-25-,28-26-. The Kier molecular flexibility index (Phi) is 66.1. The summed E-state index contributed by atoms with van der Waals surface area (Å²) in [4.78, 5) is 37.5. The zero-order valence-corrected chi connectivity index (χ0v) is 57.9. The second kappa shape index (κ2) is 68.6. The fraction of sp³-hybridized carbons (Fsp3) is 0.808. The Hall–Kier alpha value is -3.27. The molecule has 0 aliphatic heterocycles. The molecular weight excluding hydrogens is 1080 g/mol.